The Morgan fingerprint density at radius 3 is 2.95 bits per heavy atom. The van der Waals surface area contributed by atoms with Crippen LogP contribution in [-0.2, 0) is 6.42 Å². The molecule has 1 aliphatic rings. The van der Waals surface area contributed by atoms with E-state index >= 15 is 0 Å². The molecule has 3 atom stereocenters. The Balaban J connectivity index is 1.70. The van der Waals surface area contributed by atoms with E-state index in [4.69, 9.17) is 10.2 Å². The predicted molar refractivity (Wildman–Crippen MR) is 72.5 cm³/mol. The number of nitrogen functional groups attached to an aromatic ring is 1. The molecule has 0 aromatic carbocycles. The van der Waals surface area contributed by atoms with Gasteiger partial charge in [0.2, 0.25) is 0 Å². The van der Waals surface area contributed by atoms with Gasteiger partial charge in [0.05, 0.1) is 0 Å². The Kier molecular flexibility index (Phi) is 3.03. The van der Waals surface area contributed by atoms with Crippen molar-refractivity contribution in [1.82, 2.24) is 4.98 Å². The van der Waals surface area contributed by atoms with Gasteiger partial charge in [0, 0.05) is 18.5 Å². The summed E-state index contributed by atoms with van der Waals surface area (Å²) in [4.78, 5) is 3.94. The van der Waals surface area contributed by atoms with Crippen LogP contribution in [0.5, 0.6) is 0 Å². The van der Waals surface area contributed by atoms with Crippen molar-refractivity contribution in [2.24, 2.45) is 5.92 Å². The Hall–Kier alpha value is -1.81. The minimum Gasteiger partial charge on any atom is -0.463 e. The van der Waals surface area contributed by atoms with E-state index in [-0.39, 0.29) is 0 Å². The third-order valence-corrected chi connectivity index (χ3v) is 3.73. The van der Waals surface area contributed by atoms with Crippen molar-refractivity contribution in [3.05, 3.63) is 47.5 Å². The van der Waals surface area contributed by atoms with Crippen molar-refractivity contribution in [2.45, 2.75) is 31.8 Å². The maximum atomic E-state index is 10.2. The van der Waals surface area contributed by atoms with Crippen LogP contribution in [0.3, 0.4) is 0 Å². The lowest BCUT2D eigenvalue weighted by Crippen LogP contribution is -2.01. The van der Waals surface area contributed by atoms with Crippen LogP contribution in [-0.4, -0.2) is 10.1 Å². The van der Waals surface area contributed by atoms with Gasteiger partial charge in [-0.2, -0.15) is 0 Å². The summed E-state index contributed by atoms with van der Waals surface area (Å²) in [6.45, 7) is 2.21. The van der Waals surface area contributed by atoms with E-state index in [9.17, 15) is 5.11 Å². The highest BCUT2D eigenvalue weighted by atomic mass is 16.4. The van der Waals surface area contributed by atoms with E-state index in [2.05, 4.69) is 11.9 Å². The molecule has 2 aromatic heterocycles. The average Bonchev–Trinajstić information content (AvgIpc) is 2.91. The summed E-state index contributed by atoms with van der Waals surface area (Å²) >= 11 is 0. The van der Waals surface area contributed by atoms with Crippen LogP contribution in [0.1, 0.15) is 42.5 Å². The molecule has 1 aliphatic carbocycles. The van der Waals surface area contributed by atoms with Crippen molar-refractivity contribution in [2.75, 3.05) is 5.73 Å². The zero-order valence-electron chi connectivity index (χ0n) is 10.9. The maximum Gasteiger partial charge on any atom is 0.133 e. The van der Waals surface area contributed by atoms with Crippen LogP contribution in [0.25, 0.3) is 0 Å². The highest BCUT2D eigenvalue weighted by Gasteiger charge is 2.36. The molecular formula is C15H18N2O2. The fraction of sp³-hybridized carbons (Fsp3) is 0.400. The van der Waals surface area contributed by atoms with Gasteiger partial charge in [0.25, 0.3) is 0 Å². The minimum atomic E-state index is -0.635. The van der Waals surface area contributed by atoms with Crippen LogP contribution >= 0.6 is 0 Å². The van der Waals surface area contributed by atoms with Crippen LogP contribution in [0.2, 0.25) is 0 Å². The summed E-state index contributed by atoms with van der Waals surface area (Å²) in [6.07, 6.45) is 2.69. The van der Waals surface area contributed by atoms with E-state index < -0.39 is 6.10 Å². The zero-order valence-corrected chi connectivity index (χ0v) is 10.9. The van der Waals surface area contributed by atoms with E-state index in [0.29, 0.717) is 29.8 Å². The number of nitrogens with zero attached hydrogens (tertiary/aromatic N) is 1. The SMILES string of the molecule is CC1CC1c1ccc(C(O)Cc2ccnc(N)c2)o1. The lowest BCUT2D eigenvalue weighted by molar-refractivity contribution is 0.148. The summed E-state index contributed by atoms with van der Waals surface area (Å²) < 4.78 is 5.75. The second-order valence-electron chi connectivity index (χ2n) is 5.37. The van der Waals surface area contributed by atoms with Gasteiger partial charge in [0.1, 0.15) is 23.4 Å². The molecule has 1 saturated carbocycles. The van der Waals surface area contributed by atoms with Crippen molar-refractivity contribution in [3.8, 4) is 0 Å². The van der Waals surface area contributed by atoms with Crippen molar-refractivity contribution in [3.63, 3.8) is 0 Å². The smallest absolute Gasteiger partial charge is 0.133 e. The topological polar surface area (TPSA) is 72.3 Å². The highest BCUT2D eigenvalue weighted by molar-refractivity contribution is 5.32. The first-order valence-corrected chi connectivity index (χ1v) is 6.61. The molecule has 0 bridgehead atoms. The Labute approximate surface area is 112 Å². The number of nitrogens with two attached hydrogens (primary N) is 1. The minimum absolute atomic E-state index is 0.469. The zero-order chi connectivity index (χ0) is 13.4. The standard InChI is InChI=1S/C15H18N2O2/c1-9-6-11(9)13-2-3-14(19-13)12(18)7-10-4-5-17-15(16)8-10/h2-5,8-9,11-12,18H,6-7H2,1H3,(H2,16,17). The molecular weight excluding hydrogens is 240 g/mol. The van der Waals surface area contributed by atoms with Gasteiger partial charge < -0.3 is 15.3 Å². The first-order valence-electron chi connectivity index (χ1n) is 6.61. The lowest BCUT2D eigenvalue weighted by atomic mass is 10.1. The highest BCUT2D eigenvalue weighted by Crippen LogP contribution is 2.47. The second kappa shape index (κ2) is 4.70. The Bertz CT molecular complexity index is 579. The number of rotatable bonds is 4. The number of furan rings is 1. The molecule has 3 N–H and O–H groups in total. The molecule has 0 amide bonds. The van der Waals surface area contributed by atoms with E-state index in [0.717, 1.165) is 11.3 Å². The summed E-state index contributed by atoms with van der Waals surface area (Å²) in [5.41, 5.74) is 6.58. The third-order valence-electron chi connectivity index (χ3n) is 3.73. The quantitative estimate of drug-likeness (QED) is 0.884. The van der Waals surface area contributed by atoms with Crippen LogP contribution < -0.4 is 5.73 Å². The van der Waals surface area contributed by atoms with Gasteiger partial charge in [-0.25, -0.2) is 4.98 Å². The molecule has 0 saturated heterocycles. The van der Waals surface area contributed by atoms with Gasteiger partial charge in [-0.3, -0.25) is 0 Å². The van der Waals surface area contributed by atoms with Gasteiger partial charge in [0.15, 0.2) is 0 Å². The largest absolute Gasteiger partial charge is 0.463 e. The molecule has 3 rings (SSSR count). The molecule has 100 valence electrons. The van der Waals surface area contributed by atoms with Crippen molar-refractivity contribution < 1.29 is 9.52 Å². The van der Waals surface area contributed by atoms with Crippen LogP contribution in [0, 0.1) is 5.92 Å². The first kappa shape index (κ1) is 12.2. The molecule has 2 aromatic rings. The van der Waals surface area contributed by atoms with Gasteiger partial charge >= 0.3 is 0 Å². The monoisotopic (exact) mass is 258 g/mol. The van der Waals surface area contributed by atoms with Gasteiger partial charge in [-0.05, 0) is 42.2 Å². The summed E-state index contributed by atoms with van der Waals surface area (Å²) in [7, 11) is 0. The summed E-state index contributed by atoms with van der Waals surface area (Å²) in [5, 5.41) is 10.2. The molecule has 2 heterocycles. The maximum absolute atomic E-state index is 10.2. The van der Waals surface area contributed by atoms with Gasteiger partial charge in [-0.1, -0.05) is 6.92 Å². The molecule has 0 radical (unpaired) electrons. The van der Waals surface area contributed by atoms with Crippen molar-refractivity contribution in [1.29, 1.82) is 0 Å². The van der Waals surface area contributed by atoms with Crippen LogP contribution in [0.4, 0.5) is 5.82 Å². The molecule has 3 unspecified atom stereocenters. The fourth-order valence-corrected chi connectivity index (χ4v) is 2.41. The predicted octanol–water partition coefficient (Wildman–Crippen LogP) is 2.66. The molecule has 19 heavy (non-hydrogen) atoms. The van der Waals surface area contributed by atoms with Crippen molar-refractivity contribution >= 4 is 5.82 Å². The van der Waals surface area contributed by atoms with Gasteiger partial charge in [-0.15, -0.1) is 0 Å². The molecule has 0 aliphatic heterocycles. The van der Waals surface area contributed by atoms with Crippen LogP contribution in [0.15, 0.2) is 34.9 Å². The average molecular weight is 258 g/mol. The molecule has 1 fully saturated rings. The number of hydrogen-bond donors (Lipinski definition) is 2. The van der Waals surface area contributed by atoms with E-state index in [1.807, 2.05) is 18.2 Å². The van der Waals surface area contributed by atoms with E-state index in [1.54, 1.807) is 12.3 Å². The Morgan fingerprint density at radius 1 is 1.47 bits per heavy atom. The molecule has 4 heteroatoms. The summed E-state index contributed by atoms with van der Waals surface area (Å²) in [5.74, 6) is 3.34. The summed E-state index contributed by atoms with van der Waals surface area (Å²) in [6, 6.07) is 7.48. The molecule has 0 spiro atoms. The third kappa shape index (κ3) is 2.63. The molecule has 4 nitrogen and oxygen atoms in total. The Morgan fingerprint density at radius 2 is 2.26 bits per heavy atom. The lowest BCUT2D eigenvalue weighted by Gasteiger charge is -2.08. The second-order valence-corrected chi connectivity index (χ2v) is 5.37. The number of aromatic nitrogens is 1. The number of hydrogen-bond acceptors (Lipinski definition) is 4. The normalized spacial score (nSPS) is 23.3. The number of aliphatic hydroxyl groups is 1. The number of pyridine rings is 1. The fourth-order valence-electron chi connectivity index (χ4n) is 2.41. The number of aliphatic hydroxyl groups excluding tert-OH is 1. The first-order chi connectivity index (χ1) is 9.13. The van der Waals surface area contributed by atoms with E-state index in [1.165, 1.54) is 6.42 Å². The number of anilines is 1.